The summed E-state index contributed by atoms with van der Waals surface area (Å²) in [6.07, 6.45) is 5.00. The van der Waals surface area contributed by atoms with Gasteiger partial charge in [0.1, 0.15) is 6.54 Å². The average Bonchev–Trinajstić information content (AvgIpc) is 3.19. The fourth-order valence-corrected chi connectivity index (χ4v) is 4.10. The lowest BCUT2D eigenvalue weighted by Crippen LogP contribution is -2.39. The van der Waals surface area contributed by atoms with Crippen LogP contribution in [0, 0.1) is 30.6 Å². The van der Waals surface area contributed by atoms with Crippen LogP contribution in [0.1, 0.15) is 12.0 Å². The van der Waals surface area contributed by atoms with E-state index >= 15 is 0 Å². The monoisotopic (exact) mass is 310 g/mol. The first-order valence-corrected chi connectivity index (χ1v) is 7.94. The maximum Gasteiger partial charge on any atom is 0.244 e. The Hall–Kier alpha value is -2.43. The van der Waals surface area contributed by atoms with E-state index in [1.807, 2.05) is 31.2 Å². The van der Waals surface area contributed by atoms with Gasteiger partial charge in [-0.15, -0.1) is 0 Å². The molecule has 1 aromatic carbocycles. The summed E-state index contributed by atoms with van der Waals surface area (Å²) in [5.74, 6) is -0.852. The number of nitrogens with zero attached hydrogens (tertiary/aromatic N) is 1. The summed E-state index contributed by atoms with van der Waals surface area (Å²) in [6, 6.07) is 7.41. The van der Waals surface area contributed by atoms with Crippen LogP contribution in [0.4, 0.5) is 5.69 Å². The van der Waals surface area contributed by atoms with Crippen molar-refractivity contribution in [3.05, 3.63) is 42.0 Å². The van der Waals surface area contributed by atoms with Crippen LogP contribution in [0.3, 0.4) is 0 Å². The molecular weight excluding hydrogens is 292 g/mol. The molecule has 1 aliphatic heterocycles. The van der Waals surface area contributed by atoms with Crippen molar-refractivity contribution < 1.29 is 14.4 Å². The fourth-order valence-electron chi connectivity index (χ4n) is 4.10. The number of carbonyl (C=O) groups is 3. The van der Waals surface area contributed by atoms with Gasteiger partial charge < -0.3 is 5.32 Å². The average molecular weight is 310 g/mol. The number of aryl methyl sites for hydroxylation is 1. The van der Waals surface area contributed by atoms with E-state index in [9.17, 15) is 14.4 Å². The van der Waals surface area contributed by atoms with Gasteiger partial charge in [0.15, 0.2) is 0 Å². The summed E-state index contributed by atoms with van der Waals surface area (Å²) in [5, 5.41) is 2.74. The van der Waals surface area contributed by atoms with Crippen LogP contribution >= 0.6 is 0 Å². The van der Waals surface area contributed by atoms with Gasteiger partial charge in [0, 0.05) is 5.69 Å². The number of anilines is 1. The van der Waals surface area contributed by atoms with Crippen molar-refractivity contribution in [1.82, 2.24) is 4.90 Å². The molecule has 1 N–H and O–H groups in total. The molecule has 0 spiro atoms. The first-order chi connectivity index (χ1) is 11.0. The van der Waals surface area contributed by atoms with E-state index in [1.165, 1.54) is 0 Å². The first-order valence-electron chi connectivity index (χ1n) is 7.94. The van der Waals surface area contributed by atoms with Crippen molar-refractivity contribution in [1.29, 1.82) is 0 Å². The molecule has 3 aliphatic rings. The third-order valence-corrected chi connectivity index (χ3v) is 5.20. The van der Waals surface area contributed by atoms with Crippen molar-refractivity contribution in [2.45, 2.75) is 13.3 Å². The Balaban J connectivity index is 1.45. The van der Waals surface area contributed by atoms with E-state index < -0.39 is 0 Å². The van der Waals surface area contributed by atoms with Crippen molar-refractivity contribution in [3.8, 4) is 0 Å². The summed E-state index contributed by atoms with van der Waals surface area (Å²) in [4.78, 5) is 38.3. The second kappa shape index (κ2) is 5.05. The van der Waals surface area contributed by atoms with E-state index in [0.717, 1.165) is 16.9 Å². The smallest absolute Gasteiger partial charge is 0.244 e. The Morgan fingerprint density at radius 1 is 1.09 bits per heavy atom. The van der Waals surface area contributed by atoms with Gasteiger partial charge in [0.05, 0.1) is 11.8 Å². The summed E-state index contributed by atoms with van der Waals surface area (Å²) in [6.45, 7) is 1.77. The van der Waals surface area contributed by atoms with Crippen molar-refractivity contribution >= 4 is 23.4 Å². The van der Waals surface area contributed by atoms with Gasteiger partial charge in [-0.3, -0.25) is 19.3 Å². The Morgan fingerprint density at radius 2 is 1.65 bits per heavy atom. The number of fused-ring (bicyclic) bond motifs is 5. The SMILES string of the molecule is Cc1ccc(NC(=O)CN2C(=O)[C@@H]3[C@@H](C2=O)[C@H]2C=C[C@H]3C2)cc1. The van der Waals surface area contributed by atoms with Gasteiger partial charge in [0.2, 0.25) is 17.7 Å². The zero-order chi connectivity index (χ0) is 16.1. The minimum Gasteiger partial charge on any atom is -0.325 e. The molecule has 0 unspecified atom stereocenters. The minimum atomic E-state index is -0.337. The van der Waals surface area contributed by atoms with E-state index in [4.69, 9.17) is 0 Å². The molecule has 4 atom stereocenters. The number of hydrogen-bond acceptors (Lipinski definition) is 3. The zero-order valence-corrected chi connectivity index (χ0v) is 12.9. The highest BCUT2D eigenvalue weighted by atomic mass is 16.2. The van der Waals surface area contributed by atoms with Crippen LogP contribution in [0.2, 0.25) is 0 Å². The molecule has 2 bridgehead atoms. The maximum atomic E-state index is 12.5. The second-order valence-electron chi connectivity index (χ2n) is 6.68. The van der Waals surface area contributed by atoms with E-state index in [2.05, 4.69) is 5.32 Å². The molecule has 2 fully saturated rings. The van der Waals surface area contributed by atoms with Crippen LogP contribution in [0.25, 0.3) is 0 Å². The Morgan fingerprint density at radius 3 is 2.22 bits per heavy atom. The fraction of sp³-hybridized carbons (Fsp3) is 0.389. The lowest BCUT2D eigenvalue weighted by atomic mass is 9.85. The summed E-state index contributed by atoms with van der Waals surface area (Å²) < 4.78 is 0. The molecule has 5 nitrogen and oxygen atoms in total. The normalized spacial score (nSPS) is 30.9. The lowest BCUT2D eigenvalue weighted by molar-refractivity contribution is -0.143. The highest BCUT2D eigenvalue weighted by Gasteiger charge is 2.59. The third-order valence-electron chi connectivity index (χ3n) is 5.20. The number of likely N-dealkylation sites (tertiary alicyclic amines) is 1. The van der Waals surface area contributed by atoms with Crippen LogP contribution < -0.4 is 5.32 Å². The predicted molar refractivity (Wildman–Crippen MR) is 84.2 cm³/mol. The molecule has 0 radical (unpaired) electrons. The standard InChI is InChI=1S/C18H18N2O3/c1-10-2-6-13(7-3-10)19-14(21)9-20-17(22)15-11-4-5-12(8-11)16(15)18(20)23/h2-7,11-12,15-16H,8-9H2,1H3,(H,19,21)/t11-,12-,15-,16-/m0/s1. The highest BCUT2D eigenvalue weighted by Crippen LogP contribution is 2.52. The van der Waals surface area contributed by atoms with Crippen LogP contribution in [0.5, 0.6) is 0 Å². The number of nitrogens with one attached hydrogen (secondary N) is 1. The molecule has 118 valence electrons. The van der Waals surface area contributed by atoms with Crippen LogP contribution in [0.15, 0.2) is 36.4 Å². The quantitative estimate of drug-likeness (QED) is 0.683. The molecule has 5 heteroatoms. The molecule has 23 heavy (non-hydrogen) atoms. The zero-order valence-electron chi connectivity index (χ0n) is 12.9. The van der Waals surface area contributed by atoms with Crippen molar-refractivity contribution in [3.63, 3.8) is 0 Å². The molecule has 1 saturated carbocycles. The largest absolute Gasteiger partial charge is 0.325 e. The van der Waals surface area contributed by atoms with Gasteiger partial charge in [0.25, 0.3) is 0 Å². The number of rotatable bonds is 3. The van der Waals surface area contributed by atoms with Gasteiger partial charge in [-0.2, -0.15) is 0 Å². The van der Waals surface area contributed by atoms with E-state index in [1.54, 1.807) is 12.1 Å². The van der Waals surface area contributed by atoms with Crippen molar-refractivity contribution in [2.24, 2.45) is 23.7 Å². The highest BCUT2D eigenvalue weighted by molar-refractivity contribution is 6.09. The lowest BCUT2D eigenvalue weighted by Gasteiger charge is -2.16. The second-order valence-corrected chi connectivity index (χ2v) is 6.68. The summed E-state index contributed by atoms with van der Waals surface area (Å²) in [7, 11) is 0. The number of hydrogen-bond donors (Lipinski definition) is 1. The summed E-state index contributed by atoms with van der Waals surface area (Å²) >= 11 is 0. The number of allylic oxidation sites excluding steroid dienone is 2. The third kappa shape index (κ3) is 2.19. The molecule has 0 aromatic heterocycles. The molecular formula is C18H18N2O3. The van der Waals surface area contributed by atoms with Crippen LogP contribution in [-0.2, 0) is 14.4 Å². The number of amides is 3. The molecule has 1 saturated heterocycles. The topological polar surface area (TPSA) is 66.5 Å². The minimum absolute atomic E-state index is 0.173. The first kappa shape index (κ1) is 14.2. The predicted octanol–water partition coefficient (Wildman–Crippen LogP) is 1.74. The molecule has 4 rings (SSSR count). The van der Waals surface area contributed by atoms with Crippen LogP contribution in [-0.4, -0.2) is 29.2 Å². The summed E-state index contributed by atoms with van der Waals surface area (Å²) in [5.41, 5.74) is 1.77. The van der Waals surface area contributed by atoms with Gasteiger partial charge in [-0.05, 0) is 37.3 Å². The maximum absolute atomic E-state index is 12.5. The molecule has 2 aliphatic carbocycles. The Labute approximate surface area is 134 Å². The van der Waals surface area contributed by atoms with E-state index in [-0.39, 0.29) is 47.9 Å². The Kier molecular flexibility index (Phi) is 3.11. The van der Waals surface area contributed by atoms with E-state index in [0.29, 0.717) is 5.69 Å². The number of benzene rings is 1. The van der Waals surface area contributed by atoms with Crippen molar-refractivity contribution in [2.75, 3.05) is 11.9 Å². The van der Waals surface area contributed by atoms with Gasteiger partial charge in [-0.1, -0.05) is 29.8 Å². The Bertz CT molecular complexity index is 692. The van der Waals surface area contributed by atoms with Gasteiger partial charge >= 0.3 is 0 Å². The molecule has 1 aromatic rings. The number of imide groups is 1. The molecule has 3 amide bonds. The van der Waals surface area contributed by atoms with Gasteiger partial charge in [-0.25, -0.2) is 0 Å². The number of carbonyl (C=O) groups excluding carboxylic acids is 3. The molecule has 1 heterocycles.